The highest BCUT2D eigenvalue weighted by atomic mass is 31.2. The van der Waals surface area contributed by atoms with Gasteiger partial charge in [0.15, 0.2) is 6.10 Å². The number of unbranched alkanes of at least 4 members (excludes halogenated alkanes) is 25. The number of ether oxygens (including phenoxy) is 2. The predicted molar refractivity (Wildman–Crippen MR) is 279 cm³/mol. The van der Waals surface area contributed by atoms with Crippen molar-refractivity contribution in [1.29, 1.82) is 0 Å². The van der Waals surface area contributed by atoms with Gasteiger partial charge in [0.25, 0.3) is 0 Å². The van der Waals surface area contributed by atoms with Gasteiger partial charge >= 0.3 is 19.8 Å². The zero-order valence-corrected chi connectivity index (χ0v) is 44.3. The fourth-order valence-corrected chi connectivity index (χ4v) is 8.10. The summed E-state index contributed by atoms with van der Waals surface area (Å²) >= 11 is 0. The molecule has 9 nitrogen and oxygen atoms in total. The molecule has 0 aromatic heterocycles. The maximum atomic E-state index is 12.8. The standard InChI is InChI=1S/C56H102NO8P/c1-6-8-10-12-14-16-18-20-22-24-26-28-30-32-34-36-38-40-42-44-46-48-55(58)62-52-54(53-64-66(60,61)63-51-50-57(3,4)5)65-56(59)49-47-45-43-41-39-37-35-33-31-29-27-25-23-21-19-17-15-13-11-9-7-2/h9,11,15,17,21,23-24,26-27,29,54H,6-8,10,12-14,16,18-20,22,25,28,30-53H2,1-5H3/p+1/b11-9-,17-15-,23-21-,26-24-,29-27-. The van der Waals surface area contributed by atoms with Gasteiger partial charge in [0.1, 0.15) is 19.8 Å². The van der Waals surface area contributed by atoms with Gasteiger partial charge in [0.05, 0.1) is 27.7 Å². The molecule has 0 aromatic rings. The van der Waals surface area contributed by atoms with Gasteiger partial charge in [-0.1, -0.05) is 203 Å². The van der Waals surface area contributed by atoms with Gasteiger partial charge < -0.3 is 18.9 Å². The van der Waals surface area contributed by atoms with Crippen LogP contribution in [0.15, 0.2) is 60.8 Å². The van der Waals surface area contributed by atoms with E-state index in [9.17, 15) is 19.0 Å². The van der Waals surface area contributed by atoms with Gasteiger partial charge in [0, 0.05) is 12.8 Å². The Kier molecular flexibility index (Phi) is 46.1. The largest absolute Gasteiger partial charge is 0.472 e. The van der Waals surface area contributed by atoms with Gasteiger partial charge in [-0.25, -0.2) is 4.57 Å². The molecule has 0 amide bonds. The first kappa shape index (κ1) is 63.7. The summed E-state index contributed by atoms with van der Waals surface area (Å²) in [6.07, 6.45) is 59.9. The summed E-state index contributed by atoms with van der Waals surface area (Å²) in [5.41, 5.74) is 0. The van der Waals surface area contributed by atoms with Crippen LogP contribution in [0, 0.1) is 0 Å². The molecule has 0 aliphatic heterocycles. The Morgan fingerprint density at radius 3 is 1.30 bits per heavy atom. The molecule has 0 saturated heterocycles. The van der Waals surface area contributed by atoms with Crippen molar-refractivity contribution in [2.75, 3.05) is 47.5 Å². The van der Waals surface area contributed by atoms with Crippen LogP contribution in [0.5, 0.6) is 0 Å². The second-order valence-corrected chi connectivity index (χ2v) is 20.7. The minimum absolute atomic E-state index is 0.0279. The van der Waals surface area contributed by atoms with E-state index < -0.39 is 26.5 Å². The zero-order chi connectivity index (χ0) is 48.5. The Morgan fingerprint density at radius 2 is 0.864 bits per heavy atom. The minimum atomic E-state index is -4.39. The van der Waals surface area contributed by atoms with E-state index in [2.05, 4.69) is 74.6 Å². The third-order valence-corrected chi connectivity index (χ3v) is 12.5. The van der Waals surface area contributed by atoms with Crippen LogP contribution >= 0.6 is 7.82 Å². The van der Waals surface area contributed by atoms with Crippen molar-refractivity contribution < 1.29 is 42.1 Å². The summed E-state index contributed by atoms with van der Waals surface area (Å²) in [7, 11) is 1.47. The number of nitrogens with zero attached hydrogens (tertiary/aromatic N) is 1. The maximum absolute atomic E-state index is 12.8. The molecule has 0 saturated carbocycles. The molecule has 0 aliphatic rings. The van der Waals surface area contributed by atoms with Crippen LogP contribution in [0.3, 0.4) is 0 Å². The molecular formula is C56H103NO8P+. The molecule has 2 atom stereocenters. The van der Waals surface area contributed by atoms with Crippen LogP contribution in [0.2, 0.25) is 0 Å². The van der Waals surface area contributed by atoms with Gasteiger partial charge in [0.2, 0.25) is 0 Å². The highest BCUT2D eigenvalue weighted by Gasteiger charge is 2.27. The summed E-state index contributed by atoms with van der Waals surface area (Å²) in [6, 6.07) is 0. The van der Waals surface area contributed by atoms with Crippen LogP contribution in [0.25, 0.3) is 0 Å². The fourth-order valence-electron chi connectivity index (χ4n) is 7.35. The van der Waals surface area contributed by atoms with E-state index >= 15 is 0 Å². The van der Waals surface area contributed by atoms with Gasteiger partial charge in [-0.3, -0.25) is 18.6 Å². The second-order valence-electron chi connectivity index (χ2n) is 19.2. The molecule has 0 radical (unpaired) electrons. The zero-order valence-electron chi connectivity index (χ0n) is 43.4. The molecule has 10 heteroatoms. The summed E-state index contributed by atoms with van der Waals surface area (Å²) in [6.45, 7) is 4.32. The lowest BCUT2D eigenvalue weighted by Crippen LogP contribution is -2.37. The molecule has 2 unspecified atom stereocenters. The number of phosphoric ester groups is 1. The Morgan fingerprint density at radius 1 is 0.485 bits per heavy atom. The molecular weight excluding hydrogens is 846 g/mol. The van der Waals surface area contributed by atoms with Crippen LogP contribution in [-0.4, -0.2) is 74.9 Å². The smallest absolute Gasteiger partial charge is 0.462 e. The quantitative estimate of drug-likeness (QED) is 0.0211. The Balaban J connectivity index is 4.24. The number of quaternary nitrogens is 1. The molecule has 384 valence electrons. The van der Waals surface area contributed by atoms with Crippen molar-refractivity contribution in [3.05, 3.63) is 60.8 Å². The summed E-state index contributed by atoms with van der Waals surface area (Å²) < 4.78 is 34.5. The van der Waals surface area contributed by atoms with Crippen molar-refractivity contribution in [2.24, 2.45) is 0 Å². The summed E-state index contributed by atoms with van der Waals surface area (Å²) in [5, 5.41) is 0. The average Bonchev–Trinajstić information content (AvgIpc) is 3.27. The molecule has 0 aliphatic carbocycles. The predicted octanol–water partition coefficient (Wildman–Crippen LogP) is 16.4. The lowest BCUT2D eigenvalue weighted by atomic mass is 10.1. The first-order valence-electron chi connectivity index (χ1n) is 27.0. The van der Waals surface area contributed by atoms with Gasteiger partial charge in [-0.05, 0) is 77.0 Å². The van der Waals surface area contributed by atoms with Crippen LogP contribution in [-0.2, 0) is 32.7 Å². The Labute approximate surface area is 406 Å². The van der Waals surface area contributed by atoms with E-state index in [1.54, 1.807) is 0 Å². The molecule has 0 bridgehead atoms. The molecule has 66 heavy (non-hydrogen) atoms. The van der Waals surface area contributed by atoms with E-state index in [1.165, 1.54) is 128 Å². The molecule has 0 spiro atoms. The third kappa shape index (κ3) is 51.1. The number of esters is 2. The van der Waals surface area contributed by atoms with E-state index in [4.69, 9.17) is 18.5 Å². The third-order valence-electron chi connectivity index (χ3n) is 11.5. The molecule has 0 heterocycles. The number of carbonyl (C=O) groups is 2. The SMILES string of the molecule is CC/C=C\C/C=C\C/C=C\C/C=C\CCCCCCCCCCC(=O)OC(COC(=O)CCCCCCCCCCC/C=C\CCCCCCCCCC)COP(=O)(O)OCC[N+](C)(C)C. The number of likely N-dealkylation sites (N-methyl/N-ethyl adjacent to an activating group) is 1. The number of phosphoric acid groups is 1. The average molecular weight is 949 g/mol. The normalized spacial score (nSPS) is 13.8. The highest BCUT2D eigenvalue weighted by Crippen LogP contribution is 2.43. The first-order chi connectivity index (χ1) is 32.0. The summed E-state index contributed by atoms with van der Waals surface area (Å²) in [5.74, 6) is -0.806. The van der Waals surface area contributed by atoms with Crippen LogP contribution in [0.4, 0.5) is 0 Å². The van der Waals surface area contributed by atoms with Crippen molar-refractivity contribution in [1.82, 2.24) is 0 Å². The van der Waals surface area contributed by atoms with Crippen molar-refractivity contribution in [3.8, 4) is 0 Å². The number of rotatable bonds is 49. The lowest BCUT2D eigenvalue weighted by Gasteiger charge is -2.24. The van der Waals surface area contributed by atoms with Crippen molar-refractivity contribution in [3.63, 3.8) is 0 Å². The highest BCUT2D eigenvalue weighted by molar-refractivity contribution is 7.47. The molecule has 0 fully saturated rings. The minimum Gasteiger partial charge on any atom is -0.462 e. The number of carbonyl (C=O) groups excluding carboxylic acids is 2. The summed E-state index contributed by atoms with van der Waals surface area (Å²) in [4.78, 5) is 35.6. The topological polar surface area (TPSA) is 108 Å². The fraction of sp³-hybridized carbons (Fsp3) is 0.786. The Hall–Kier alpha value is -2.29. The lowest BCUT2D eigenvalue weighted by molar-refractivity contribution is -0.870. The van der Waals surface area contributed by atoms with E-state index in [0.29, 0.717) is 17.4 Å². The van der Waals surface area contributed by atoms with Crippen molar-refractivity contribution >= 4 is 19.8 Å². The van der Waals surface area contributed by atoms with E-state index in [-0.39, 0.29) is 32.0 Å². The number of hydrogen-bond acceptors (Lipinski definition) is 7. The first-order valence-corrected chi connectivity index (χ1v) is 28.5. The van der Waals surface area contributed by atoms with Crippen molar-refractivity contribution in [2.45, 2.75) is 238 Å². The van der Waals surface area contributed by atoms with E-state index in [0.717, 1.165) is 70.6 Å². The number of allylic oxidation sites excluding steroid dienone is 10. The maximum Gasteiger partial charge on any atom is 0.472 e. The van der Waals surface area contributed by atoms with Gasteiger partial charge in [-0.2, -0.15) is 0 Å². The monoisotopic (exact) mass is 949 g/mol. The Bertz CT molecular complexity index is 1300. The number of hydrogen-bond donors (Lipinski definition) is 1. The molecule has 1 N–H and O–H groups in total. The van der Waals surface area contributed by atoms with E-state index in [1.807, 2.05) is 21.1 Å². The van der Waals surface area contributed by atoms with Gasteiger partial charge in [-0.15, -0.1) is 0 Å². The van der Waals surface area contributed by atoms with Crippen LogP contribution in [0.1, 0.15) is 232 Å². The second kappa shape index (κ2) is 47.8. The molecule has 0 aromatic carbocycles. The molecule has 0 rings (SSSR count). The van der Waals surface area contributed by atoms with Crippen LogP contribution < -0.4 is 0 Å².